The van der Waals surface area contributed by atoms with Crippen LogP contribution in [0, 0.1) is 0 Å². The van der Waals surface area contributed by atoms with Gasteiger partial charge >= 0.3 is 0 Å². The van der Waals surface area contributed by atoms with E-state index in [2.05, 4.69) is 6.58 Å². The van der Waals surface area contributed by atoms with Crippen LogP contribution in [0.25, 0.3) is 0 Å². The molecule has 2 heteroatoms. The molecule has 0 amide bonds. The van der Waals surface area contributed by atoms with Gasteiger partial charge in [-0.15, -0.1) is 6.58 Å². The Morgan fingerprint density at radius 1 is 1.19 bits per heavy atom. The van der Waals surface area contributed by atoms with Gasteiger partial charge in [-0.2, -0.15) is 0 Å². The highest BCUT2D eigenvalue weighted by atomic mass is 16.7. The normalized spacial score (nSPS) is 23.5. The van der Waals surface area contributed by atoms with Crippen LogP contribution >= 0.6 is 0 Å². The summed E-state index contributed by atoms with van der Waals surface area (Å²) in [5.74, 6) is -0.353. The Morgan fingerprint density at radius 3 is 2.50 bits per heavy atom. The fraction of sp³-hybridized carbons (Fsp3) is 0.857. The van der Waals surface area contributed by atoms with E-state index in [9.17, 15) is 0 Å². The second-order valence-corrected chi connectivity index (χ2v) is 5.08. The number of hydrogen-bond acceptors (Lipinski definition) is 2. The van der Waals surface area contributed by atoms with Crippen LogP contribution in [0.2, 0.25) is 0 Å². The molecule has 94 valence electrons. The van der Waals surface area contributed by atoms with Crippen molar-refractivity contribution in [1.82, 2.24) is 0 Å². The Kier molecular flexibility index (Phi) is 6.07. The summed E-state index contributed by atoms with van der Waals surface area (Å²) in [6.07, 6.45) is 11.2. The van der Waals surface area contributed by atoms with Crippen LogP contribution in [0.3, 0.4) is 0 Å². The van der Waals surface area contributed by atoms with Crippen molar-refractivity contribution in [2.24, 2.45) is 0 Å². The van der Waals surface area contributed by atoms with Crippen LogP contribution in [-0.2, 0) is 9.47 Å². The lowest BCUT2D eigenvalue weighted by Gasteiger charge is -2.16. The molecule has 0 radical (unpaired) electrons. The molecule has 16 heavy (non-hydrogen) atoms. The molecule has 0 aromatic heterocycles. The average Bonchev–Trinajstić information content (AvgIpc) is 2.57. The molecule has 1 rings (SSSR count). The van der Waals surface area contributed by atoms with E-state index in [1.54, 1.807) is 0 Å². The van der Waals surface area contributed by atoms with Crippen LogP contribution in [0.1, 0.15) is 58.8 Å². The van der Waals surface area contributed by atoms with Gasteiger partial charge in [0.1, 0.15) is 0 Å². The van der Waals surface area contributed by atoms with Crippen molar-refractivity contribution >= 4 is 0 Å². The highest BCUT2D eigenvalue weighted by molar-refractivity contribution is 4.70. The summed E-state index contributed by atoms with van der Waals surface area (Å²) in [5, 5.41) is 0. The first-order valence-electron chi connectivity index (χ1n) is 6.57. The first-order valence-corrected chi connectivity index (χ1v) is 6.57. The number of rotatable bonds is 8. The molecule has 0 aromatic rings. The second kappa shape index (κ2) is 7.08. The van der Waals surface area contributed by atoms with E-state index in [-0.39, 0.29) is 5.79 Å². The highest BCUT2D eigenvalue weighted by Gasteiger charge is 2.31. The summed E-state index contributed by atoms with van der Waals surface area (Å²) >= 11 is 0. The molecule has 1 heterocycles. The van der Waals surface area contributed by atoms with Gasteiger partial charge in [-0.3, -0.25) is 0 Å². The predicted molar refractivity (Wildman–Crippen MR) is 67.4 cm³/mol. The summed E-state index contributed by atoms with van der Waals surface area (Å²) in [7, 11) is 0. The van der Waals surface area contributed by atoms with Gasteiger partial charge in [-0.1, -0.05) is 31.8 Å². The van der Waals surface area contributed by atoms with Crippen molar-refractivity contribution in [1.29, 1.82) is 0 Å². The van der Waals surface area contributed by atoms with Crippen molar-refractivity contribution in [3.63, 3.8) is 0 Å². The van der Waals surface area contributed by atoms with Crippen LogP contribution < -0.4 is 0 Å². The summed E-state index contributed by atoms with van der Waals surface area (Å²) in [6, 6.07) is 0. The van der Waals surface area contributed by atoms with E-state index in [1.165, 1.54) is 32.1 Å². The van der Waals surface area contributed by atoms with Crippen LogP contribution in [0.5, 0.6) is 0 Å². The molecule has 0 bridgehead atoms. The molecule has 1 unspecified atom stereocenters. The largest absolute Gasteiger partial charge is 0.348 e. The van der Waals surface area contributed by atoms with Crippen LogP contribution in [0.4, 0.5) is 0 Å². The molecule has 1 saturated heterocycles. The van der Waals surface area contributed by atoms with E-state index < -0.39 is 0 Å². The predicted octanol–water partition coefficient (Wildman–Crippen LogP) is 4.05. The summed E-state index contributed by atoms with van der Waals surface area (Å²) in [6.45, 7) is 8.47. The van der Waals surface area contributed by atoms with Gasteiger partial charge in [0, 0.05) is 0 Å². The van der Waals surface area contributed by atoms with Gasteiger partial charge in [0.2, 0.25) is 0 Å². The molecule has 1 aliphatic rings. The van der Waals surface area contributed by atoms with Gasteiger partial charge in [-0.25, -0.2) is 0 Å². The lowest BCUT2D eigenvalue weighted by Crippen LogP contribution is -2.21. The lowest BCUT2D eigenvalue weighted by molar-refractivity contribution is -0.139. The molecule has 0 aromatic carbocycles. The zero-order valence-electron chi connectivity index (χ0n) is 10.8. The zero-order valence-corrected chi connectivity index (χ0v) is 10.8. The van der Waals surface area contributed by atoms with Gasteiger partial charge in [0.05, 0.1) is 12.7 Å². The smallest absolute Gasteiger partial charge is 0.163 e. The lowest BCUT2D eigenvalue weighted by atomic mass is 10.1. The Labute approximate surface area is 100 Å². The Morgan fingerprint density at radius 2 is 1.88 bits per heavy atom. The Bertz CT molecular complexity index is 199. The van der Waals surface area contributed by atoms with E-state index in [0.717, 1.165) is 19.4 Å². The number of unbranched alkanes of at least 4 members (excludes halogenated alkanes) is 5. The van der Waals surface area contributed by atoms with Crippen molar-refractivity contribution in [3.8, 4) is 0 Å². The molecule has 2 nitrogen and oxygen atoms in total. The summed E-state index contributed by atoms with van der Waals surface area (Å²) in [4.78, 5) is 0. The minimum absolute atomic E-state index is 0.322. The maximum atomic E-state index is 5.76. The third kappa shape index (κ3) is 5.66. The molecular weight excluding hydrogens is 200 g/mol. The third-order valence-corrected chi connectivity index (χ3v) is 3.00. The molecule has 0 saturated carbocycles. The number of allylic oxidation sites excluding steroid dienone is 1. The van der Waals surface area contributed by atoms with Crippen LogP contribution in [0.15, 0.2) is 12.7 Å². The molecule has 1 atom stereocenters. The molecular formula is C14H26O2. The average molecular weight is 226 g/mol. The standard InChI is InChI=1S/C14H26O2/c1-4-5-6-7-8-9-10-11-13-12-15-14(2,3)16-13/h4,13H,1,5-12H2,2-3H3. The van der Waals surface area contributed by atoms with Crippen molar-refractivity contribution in [3.05, 3.63) is 12.7 Å². The minimum atomic E-state index is -0.353. The SMILES string of the molecule is C=CCCCCCCCC1COC(C)(C)O1. The van der Waals surface area contributed by atoms with Crippen LogP contribution in [-0.4, -0.2) is 18.5 Å². The second-order valence-electron chi connectivity index (χ2n) is 5.08. The van der Waals surface area contributed by atoms with Gasteiger partial charge in [0.25, 0.3) is 0 Å². The van der Waals surface area contributed by atoms with Gasteiger partial charge < -0.3 is 9.47 Å². The third-order valence-electron chi connectivity index (χ3n) is 3.00. The summed E-state index contributed by atoms with van der Waals surface area (Å²) < 4.78 is 11.3. The van der Waals surface area contributed by atoms with E-state index in [4.69, 9.17) is 9.47 Å². The van der Waals surface area contributed by atoms with E-state index >= 15 is 0 Å². The maximum absolute atomic E-state index is 5.76. The number of hydrogen-bond donors (Lipinski definition) is 0. The molecule has 0 N–H and O–H groups in total. The van der Waals surface area contributed by atoms with E-state index in [0.29, 0.717) is 6.10 Å². The highest BCUT2D eigenvalue weighted by Crippen LogP contribution is 2.25. The quantitative estimate of drug-likeness (QED) is 0.459. The fourth-order valence-corrected chi connectivity index (χ4v) is 2.10. The van der Waals surface area contributed by atoms with Gasteiger partial charge in [-0.05, 0) is 33.1 Å². The molecule has 0 spiro atoms. The first kappa shape index (κ1) is 13.7. The Hall–Kier alpha value is -0.340. The monoisotopic (exact) mass is 226 g/mol. The molecule has 1 fully saturated rings. The topological polar surface area (TPSA) is 18.5 Å². The Balaban J connectivity index is 1.90. The fourth-order valence-electron chi connectivity index (χ4n) is 2.10. The summed E-state index contributed by atoms with van der Waals surface area (Å²) in [5.41, 5.74) is 0. The van der Waals surface area contributed by atoms with Crippen molar-refractivity contribution < 1.29 is 9.47 Å². The van der Waals surface area contributed by atoms with Gasteiger partial charge in [0.15, 0.2) is 5.79 Å². The van der Waals surface area contributed by atoms with Crippen molar-refractivity contribution in [2.45, 2.75) is 70.7 Å². The first-order chi connectivity index (χ1) is 7.64. The molecule has 0 aliphatic carbocycles. The molecule has 1 aliphatic heterocycles. The van der Waals surface area contributed by atoms with E-state index in [1.807, 2.05) is 19.9 Å². The number of ether oxygens (including phenoxy) is 2. The maximum Gasteiger partial charge on any atom is 0.163 e. The van der Waals surface area contributed by atoms with Crippen molar-refractivity contribution in [2.75, 3.05) is 6.61 Å². The minimum Gasteiger partial charge on any atom is -0.348 e. The zero-order chi connectivity index (χ0) is 11.9.